The molecule has 1 atom stereocenters. The van der Waals surface area contributed by atoms with E-state index in [1.807, 2.05) is 6.26 Å². The number of carbonyl (C=O) groups is 2. The molecule has 0 aliphatic heterocycles. The van der Waals surface area contributed by atoms with Gasteiger partial charge in [0.2, 0.25) is 5.91 Å². The molecule has 2 N–H and O–H groups in total. The Morgan fingerprint density at radius 1 is 1.47 bits per heavy atom. The van der Waals surface area contributed by atoms with Gasteiger partial charge in [-0.15, -0.1) is 0 Å². The molecule has 0 fully saturated rings. The fourth-order valence-corrected chi connectivity index (χ4v) is 1.43. The summed E-state index contributed by atoms with van der Waals surface area (Å²) in [5.41, 5.74) is 0. The van der Waals surface area contributed by atoms with E-state index in [0.717, 1.165) is 12.2 Å². The molecule has 1 unspecified atom stereocenters. The topological polar surface area (TPSA) is 66.4 Å². The molecule has 0 aromatic heterocycles. The molecule has 0 aliphatic carbocycles. The lowest BCUT2D eigenvalue weighted by Crippen LogP contribution is -2.25. The van der Waals surface area contributed by atoms with E-state index < -0.39 is 5.97 Å². The lowest BCUT2D eigenvalue weighted by Gasteiger charge is -2.07. The normalized spacial score (nSPS) is 12.1. The highest BCUT2D eigenvalue weighted by Crippen LogP contribution is 2.04. The van der Waals surface area contributed by atoms with Gasteiger partial charge in [0.05, 0.1) is 5.92 Å². The van der Waals surface area contributed by atoms with Crippen molar-refractivity contribution in [1.29, 1.82) is 0 Å². The van der Waals surface area contributed by atoms with Crippen LogP contribution < -0.4 is 5.32 Å². The van der Waals surface area contributed by atoms with Crippen molar-refractivity contribution in [1.82, 2.24) is 5.32 Å². The molecule has 0 saturated heterocycles. The van der Waals surface area contributed by atoms with E-state index in [0.29, 0.717) is 19.4 Å². The number of rotatable bonds is 8. The van der Waals surface area contributed by atoms with Gasteiger partial charge < -0.3 is 10.4 Å². The first kappa shape index (κ1) is 14.3. The third-order valence-corrected chi connectivity index (χ3v) is 2.70. The second kappa shape index (κ2) is 8.59. The Kier molecular flexibility index (Phi) is 8.18. The van der Waals surface area contributed by atoms with Crippen molar-refractivity contribution in [2.45, 2.75) is 26.2 Å². The molecular weight excluding hydrogens is 214 g/mol. The lowest BCUT2D eigenvalue weighted by molar-refractivity contribution is -0.141. The smallest absolute Gasteiger partial charge is 0.306 e. The average molecular weight is 233 g/mol. The summed E-state index contributed by atoms with van der Waals surface area (Å²) in [4.78, 5) is 21.6. The van der Waals surface area contributed by atoms with Crippen LogP contribution in [0.1, 0.15) is 26.2 Å². The summed E-state index contributed by atoms with van der Waals surface area (Å²) < 4.78 is 0. The van der Waals surface area contributed by atoms with E-state index in [2.05, 4.69) is 5.32 Å². The maximum absolute atomic E-state index is 11.1. The number of aliphatic carboxylic acids is 1. The van der Waals surface area contributed by atoms with E-state index in [9.17, 15) is 9.59 Å². The van der Waals surface area contributed by atoms with Gasteiger partial charge in [-0.05, 0) is 19.1 Å². The molecule has 4 nitrogen and oxygen atoms in total. The van der Waals surface area contributed by atoms with E-state index >= 15 is 0 Å². The number of nitrogens with one attached hydrogen (secondary N) is 1. The Labute approximate surface area is 94.8 Å². The lowest BCUT2D eigenvalue weighted by atomic mass is 10.1. The summed E-state index contributed by atoms with van der Waals surface area (Å²) in [6, 6.07) is 0. The van der Waals surface area contributed by atoms with Crippen LogP contribution in [-0.2, 0) is 9.59 Å². The molecule has 88 valence electrons. The summed E-state index contributed by atoms with van der Waals surface area (Å²) in [6.45, 7) is 2.25. The first-order valence-corrected chi connectivity index (χ1v) is 6.45. The Morgan fingerprint density at radius 3 is 2.67 bits per heavy atom. The van der Waals surface area contributed by atoms with E-state index in [1.165, 1.54) is 0 Å². The molecule has 0 radical (unpaired) electrons. The second-order valence-corrected chi connectivity index (χ2v) is 4.46. The van der Waals surface area contributed by atoms with Gasteiger partial charge in [0.1, 0.15) is 0 Å². The van der Waals surface area contributed by atoms with Crippen molar-refractivity contribution in [2.24, 2.45) is 5.92 Å². The summed E-state index contributed by atoms with van der Waals surface area (Å²) >= 11 is 1.64. The number of thioether (sulfide) groups is 1. The minimum atomic E-state index is -0.774. The molecule has 0 saturated carbocycles. The summed E-state index contributed by atoms with van der Waals surface area (Å²) in [5.74, 6) is -0.221. The van der Waals surface area contributed by atoms with Gasteiger partial charge in [-0.25, -0.2) is 0 Å². The SMILES string of the molecule is CSCCC(=O)NCCCC(C)C(=O)O. The van der Waals surface area contributed by atoms with Gasteiger partial charge in [0.15, 0.2) is 0 Å². The molecular formula is C10H19NO3S. The highest BCUT2D eigenvalue weighted by Gasteiger charge is 2.09. The van der Waals surface area contributed by atoms with Crippen LogP contribution in [0.4, 0.5) is 0 Å². The second-order valence-electron chi connectivity index (χ2n) is 3.47. The zero-order valence-corrected chi connectivity index (χ0v) is 10.1. The minimum absolute atomic E-state index is 0.0485. The zero-order chi connectivity index (χ0) is 11.7. The first-order chi connectivity index (χ1) is 7.07. The Morgan fingerprint density at radius 2 is 2.13 bits per heavy atom. The van der Waals surface area contributed by atoms with E-state index in [-0.39, 0.29) is 11.8 Å². The van der Waals surface area contributed by atoms with Crippen molar-refractivity contribution < 1.29 is 14.7 Å². The van der Waals surface area contributed by atoms with Gasteiger partial charge in [-0.1, -0.05) is 6.92 Å². The molecule has 0 aromatic carbocycles. The largest absolute Gasteiger partial charge is 0.481 e. The maximum atomic E-state index is 11.1. The highest BCUT2D eigenvalue weighted by molar-refractivity contribution is 7.98. The van der Waals surface area contributed by atoms with Crippen LogP contribution in [0.2, 0.25) is 0 Å². The number of hydrogen-bond acceptors (Lipinski definition) is 3. The summed E-state index contributed by atoms with van der Waals surface area (Å²) in [5, 5.41) is 11.4. The first-order valence-electron chi connectivity index (χ1n) is 5.06. The summed E-state index contributed by atoms with van der Waals surface area (Å²) in [6.07, 6.45) is 3.83. The number of hydrogen-bond donors (Lipinski definition) is 2. The fraction of sp³-hybridized carbons (Fsp3) is 0.800. The monoisotopic (exact) mass is 233 g/mol. The predicted molar refractivity (Wildman–Crippen MR) is 62.0 cm³/mol. The van der Waals surface area contributed by atoms with Gasteiger partial charge in [0, 0.05) is 18.7 Å². The molecule has 0 rings (SSSR count). The van der Waals surface area contributed by atoms with Crippen LogP contribution in [0.25, 0.3) is 0 Å². The molecule has 5 heteroatoms. The third-order valence-electron chi connectivity index (χ3n) is 2.09. The minimum Gasteiger partial charge on any atom is -0.481 e. The number of amides is 1. The van der Waals surface area contributed by atoms with Gasteiger partial charge in [-0.3, -0.25) is 9.59 Å². The van der Waals surface area contributed by atoms with Crippen molar-refractivity contribution in [3.05, 3.63) is 0 Å². The van der Waals surface area contributed by atoms with Crippen molar-refractivity contribution in [3.63, 3.8) is 0 Å². The molecule has 0 bridgehead atoms. The van der Waals surface area contributed by atoms with Crippen LogP contribution in [0.3, 0.4) is 0 Å². The van der Waals surface area contributed by atoms with Crippen molar-refractivity contribution in [2.75, 3.05) is 18.6 Å². The van der Waals surface area contributed by atoms with Gasteiger partial charge in [-0.2, -0.15) is 11.8 Å². The van der Waals surface area contributed by atoms with E-state index in [1.54, 1.807) is 18.7 Å². The van der Waals surface area contributed by atoms with E-state index in [4.69, 9.17) is 5.11 Å². The standard InChI is InChI=1S/C10H19NO3S/c1-8(10(13)14)4-3-6-11-9(12)5-7-15-2/h8H,3-7H2,1-2H3,(H,11,12)(H,13,14). The third kappa shape index (κ3) is 8.30. The predicted octanol–water partition coefficient (Wildman–Crippen LogP) is 1.36. The number of carboxylic acid groups (broad SMARTS) is 1. The van der Waals surface area contributed by atoms with Crippen LogP contribution in [0.15, 0.2) is 0 Å². The van der Waals surface area contributed by atoms with Gasteiger partial charge in [0.25, 0.3) is 0 Å². The molecule has 0 spiro atoms. The highest BCUT2D eigenvalue weighted by atomic mass is 32.2. The maximum Gasteiger partial charge on any atom is 0.306 e. The summed E-state index contributed by atoms with van der Waals surface area (Å²) in [7, 11) is 0. The average Bonchev–Trinajstić information content (AvgIpc) is 2.20. The molecule has 1 amide bonds. The molecule has 15 heavy (non-hydrogen) atoms. The van der Waals surface area contributed by atoms with Crippen LogP contribution in [0, 0.1) is 5.92 Å². The Hall–Kier alpha value is -0.710. The van der Waals surface area contributed by atoms with Crippen molar-refractivity contribution in [3.8, 4) is 0 Å². The zero-order valence-electron chi connectivity index (χ0n) is 9.28. The molecule has 0 aliphatic rings. The fourth-order valence-electron chi connectivity index (χ4n) is 1.04. The quantitative estimate of drug-likeness (QED) is 0.621. The van der Waals surface area contributed by atoms with Gasteiger partial charge >= 0.3 is 5.97 Å². The van der Waals surface area contributed by atoms with Crippen LogP contribution >= 0.6 is 11.8 Å². The van der Waals surface area contributed by atoms with Crippen LogP contribution in [0.5, 0.6) is 0 Å². The Bertz CT molecular complexity index is 209. The Balaban J connectivity index is 3.38. The number of carbonyl (C=O) groups excluding carboxylic acids is 1. The van der Waals surface area contributed by atoms with Crippen LogP contribution in [-0.4, -0.2) is 35.5 Å². The molecule has 0 aromatic rings. The molecule has 0 heterocycles. The number of carboxylic acids is 1. The van der Waals surface area contributed by atoms with Crippen molar-refractivity contribution >= 4 is 23.6 Å².